The molecule has 2 heterocycles. The minimum Gasteiger partial charge on any atom is -0.383 e. The SMILES string of the molecule is COC[C@@H]1CCCN1C(=O)Nc1ccc2nc(C)sc2c1. The van der Waals surface area contributed by atoms with Crippen molar-refractivity contribution in [2.24, 2.45) is 0 Å². The molecule has 1 atom stereocenters. The third-order valence-corrected chi connectivity index (χ3v) is 4.68. The third-order valence-electron chi connectivity index (χ3n) is 3.74. The molecule has 0 radical (unpaired) electrons. The Bertz CT molecular complexity index is 655. The summed E-state index contributed by atoms with van der Waals surface area (Å²) in [5.74, 6) is 0. The van der Waals surface area contributed by atoms with E-state index in [9.17, 15) is 4.79 Å². The van der Waals surface area contributed by atoms with Gasteiger partial charge in [0.1, 0.15) is 0 Å². The summed E-state index contributed by atoms with van der Waals surface area (Å²) >= 11 is 1.64. The van der Waals surface area contributed by atoms with Crippen molar-refractivity contribution in [3.63, 3.8) is 0 Å². The molecule has 2 aromatic rings. The normalized spacial score (nSPS) is 18.4. The smallest absolute Gasteiger partial charge is 0.322 e. The number of nitrogens with zero attached hydrogens (tertiary/aromatic N) is 2. The van der Waals surface area contributed by atoms with E-state index in [-0.39, 0.29) is 12.1 Å². The number of anilines is 1. The van der Waals surface area contributed by atoms with Crippen LogP contribution in [0.15, 0.2) is 18.2 Å². The van der Waals surface area contributed by atoms with Gasteiger partial charge in [-0.15, -0.1) is 11.3 Å². The highest BCUT2D eigenvalue weighted by atomic mass is 32.1. The average Bonchev–Trinajstić information content (AvgIpc) is 3.04. The number of carbonyl (C=O) groups is 1. The van der Waals surface area contributed by atoms with Crippen LogP contribution in [-0.2, 0) is 4.74 Å². The number of nitrogens with one attached hydrogen (secondary N) is 1. The summed E-state index contributed by atoms with van der Waals surface area (Å²) in [6, 6.07) is 5.98. The fourth-order valence-electron chi connectivity index (χ4n) is 2.78. The summed E-state index contributed by atoms with van der Waals surface area (Å²) in [5.41, 5.74) is 1.80. The minimum absolute atomic E-state index is 0.0462. The largest absolute Gasteiger partial charge is 0.383 e. The first kappa shape index (κ1) is 14.3. The Labute approximate surface area is 127 Å². The molecular formula is C15H19N3O2S. The number of benzene rings is 1. The first-order valence-corrected chi connectivity index (χ1v) is 7.93. The molecule has 0 bridgehead atoms. The molecular weight excluding hydrogens is 286 g/mol. The number of ether oxygens (including phenoxy) is 1. The van der Waals surface area contributed by atoms with Gasteiger partial charge in [-0.25, -0.2) is 9.78 Å². The van der Waals surface area contributed by atoms with Gasteiger partial charge in [-0.2, -0.15) is 0 Å². The third kappa shape index (κ3) is 3.01. The van der Waals surface area contributed by atoms with Crippen molar-refractivity contribution in [1.29, 1.82) is 0 Å². The number of amides is 2. The van der Waals surface area contributed by atoms with E-state index >= 15 is 0 Å². The van der Waals surface area contributed by atoms with Crippen molar-refractivity contribution in [3.05, 3.63) is 23.2 Å². The number of thiazole rings is 1. The van der Waals surface area contributed by atoms with Gasteiger partial charge in [-0.1, -0.05) is 0 Å². The lowest BCUT2D eigenvalue weighted by Gasteiger charge is -2.24. The van der Waals surface area contributed by atoms with Crippen molar-refractivity contribution >= 4 is 33.3 Å². The molecule has 1 aromatic carbocycles. The number of aromatic nitrogens is 1. The monoisotopic (exact) mass is 305 g/mol. The molecule has 0 saturated carbocycles. The summed E-state index contributed by atoms with van der Waals surface area (Å²) in [5, 5.41) is 4.02. The average molecular weight is 305 g/mol. The molecule has 0 spiro atoms. The first-order valence-electron chi connectivity index (χ1n) is 7.11. The van der Waals surface area contributed by atoms with Gasteiger partial charge in [-0.05, 0) is 38.0 Å². The lowest BCUT2D eigenvalue weighted by molar-refractivity contribution is 0.128. The maximum Gasteiger partial charge on any atom is 0.322 e. The number of aryl methyl sites for hydroxylation is 1. The molecule has 2 amide bonds. The number of urea groups is 1. The summed E-state index contributed by atoms with van der Waals surface area (Å²) < 4.78 is 6.29. The van der Waals surface area contributed by atoms with Gasteiger partial charge >= 0.3 is 6.03 Å². The topological polar surface area (TPSA) is 54.5 Å². The molecule has 112 valence electrons. The lowest BCUT2D eigenvalue weighted by Crippen LogP contribution is -2.40. The van der Waals surface area contributed by atoms with Gasteiger partial charge in [-0.3, -0.25) is 0 Å². The van der Waals surface area contributed by atoms with Gasteiger partial charge in [0.2, 0.25) is 0 Å². The van der Waals surface area contributed by atoms with E-state index in [1.165, 1.54) is 0 Å². The van der Waals surface area contributed by atoms with Crippen molar-refractivity contribution in [3.8, 4) is 0 Å². The van der Waals surface area contributed by atoms with Gasteiger partial charge in [0.15, 0.2) is 0 Å². The van der Waals surface area contributed by atoms with Crippen molar-refractivity contribution in [2.75, 3.05) is 25.6 Å². The fourth-order valence-corrected chi connectivity index (χ4v) is 3.65. The molecule has 1 aliphatic rings. The van der Waals surface area contributed by atoms with Crippen LogP contribution in [0.4, 0.5) is 10.5 Å². The zero-order valence-electron chi connectivity index (χ0n) is 12.3. The van der Waals surface area contributed by atoms with E-state index in [0.29, 0.717) is 6.61 Å². The summed E-state index contributed by atoms with van der Waals surface area (Å²) in [6.45, 7) is 3.38. The summed E-state index contributed by atoms with van der Waals surface area (Å²) in [4.78, 5) is 18.7. The molecule has 21 heavy (non-hydrogen) atoms. The highest BCUT2D eigenvalue weighted by molar-refractivity contribution is 7.18. The number of fused-ring (bicyclic) bond motifs is 1. The Morgan fingerprint density at radius 1 is 1.57 bits per heavy atom. The van der Waals surface area contributed by atoms with Gasteiger partial charge < -0.3 is 15.0 Å². The van der Waals surface area contributed by atoms with Gasteiger partial charge in [0.05, 0.1) is 27.9 Å². The Hall–Kier alpha value is -1.66. The number of methoxy groups -OCH3 is 1. The second kappa shape index (κ2) is 5.99. The molecule has 5 nitrogen and oxygen atoms in total. The maximum atomic E-state index is 12.4. The molecule has 1 fully saturated rings. The quantitative estimate of drug-likeness (QED) is 0.947. The molecule has 1 N–H and O–H groups in total. The molecule has 1 saturated heterocycles. The zero-order valence-corrected chi connectivity index (χ0v) is 13.1. The van der Waals surface area contributed by atoms with Crippen LogP contribution < -0.4 is 5.32 Å². The lowest BCUT2D eigenvalue weighted by atomic mass is 10.2. The van der Waals surface area contributed by atoms with Crippen LogP contribution in [0, 0.1) is 6.92 Å². The van der Waals surface area contributed by atoms with E-state index < -0.39 is 0 Å². The van der Waals surface area contributed by atoms with Crippen LogP contribution in [0.2, 0.25) is 0 Å². The predicted molar refractivity (Wildman–Crippen MR) is 85.0 cm³/mol. The number of hydrogen-bond acceptors (Lipinski definition) is 4. The molecule has 3 rings (SSSR count). The van der Waals surface area contributed by atoms with E-state index in [1.54, 1.807) is 18.4 Å². The van der Waals surface area contributed by atoms with E-state index in [1.807, 2.05) is 30.0 Å². The first-order chi connectivity index (χ1) is 10.2. The summed E-state index contributed by atoms with van der Waals surface area (Å²) in [6.07, 6.45) is 2.04. The molecule has 0 aliphatic carbocycles. The number of carbonyl (C=O) groups excluding carboxylic acids is 1. The Morgan fingerprint density at radius 3 is 3.24 bits per heavy atom. The molecule has 1 aliphatic heterocycles. The van der Waals surface area contributed by atoms with Gasteiger partial charge in [0, 0.05) is 19.3 Å². The van der Waals surface area contributed by atoms with Crippen LogP contribution in [0.3, 0.4) is 0 Å². The Balaban J connectivity index is 1.73. The van der Waals surface area contributed by atoms with E-state index in [0.717, 1.165) is 40.3 Å². The van der Waals surface area contributed by atoms with Crippen LogP contribution in [0.5, 0.6) is 0 Å². The number of hydrogen-bond donors (Lipinski definition) is 1. The van der Waals surface area contributed by atoms with Crippen LogP contribution in [0.25, 0.3) is 10.2 Å². The fraction of sp³-hybridized carbons (Fsp3) is 0.467. The van der Waals surface area contributed by atoms with Gasteiger partial charge in [0.25, 0.3) is 0 Å². The van der Waals surface area contributed by atoms with Crippen molar-refractivity contribution in [2.45, 2.75) is 25.8 Å². The Morgan fingerprint density at radius 2 is 2.43 bits per heavy atom. The van der Waals surface area contributed by atoms with Crippen LogP contribution in [-0.4, -0.2) is 42.2 Å². The zero-order chi connectivity index (χ0) is 14.8. The molecule has 1 aromatic heterocycles. The van der Waals surface area contributed by atoms with Crippen molar-refractivity contribution in [1.82, 2.24) is 9.88 Å². The molecule has 6 heteroatoms. The highest BCUT2D eigenvalue weighted by Gasteiger charge is 2.28. The van der Waals surface area contributed by atoms with Crippen molar-refractivity contribution < 1.29 is 9.53 Å². The second-order valence-electron chi connectivity index (χ2n) is 5.29. The Kier molecular flexibility index (Phi) is 4.07. The van der Waals surface area contributed by atoms with Crippen LogP contribution >= 0.6 is 11.3 Å². The van der Waals surface area contributed by atoms with E-state index in [4.69, 9.17) is 4.74 Å². The number of rotatable bonds is 3. The van der Waals surface area contributed by atoms with Crippen LogP contribution in [0.1, 0.15) is 17.8 Å². The predicted octanol–water partition coefficient (Wildman–Crippen LogP) is 3.25. The second-order valence-corrected chi connectivity index (χ2v) is 6.53. The minimum atomic E-state index is -0.0462. The number of likely N-dealkylation sites (tertiary alicyclic amines) is 1. The highest BCUT2D eigenvalue weighted by Crippen LogP contribution is 2.25. The molecule has 0 unspecified atom stereocenters. The maximum absolute atomic E-state index is 12.4. The standard InChI is InChI=1S/C15H19N3O2S/c1-10-16-13-6-5-11(8-14(13)21-10)17-15(19)18-7-3-4-12(18)9-20-2/h5-6,8,12H,3-4,7,9H2,1-2H3,(H,17,19)/t12-/m0/s1. The van der Waals surface area contributed by atoms with E-state index in [2.05, 4.69) is 10.3 Å². The summed E-state index contributed by atoms with van der Waals surface area (Å²) in [7, 11) is 1.68.